The first kappa shape index (κ1) is 13.8. The topological polar surface area (TPSA) is 84.6 Å². The molecule has 0 aromatic carbocycles. The minimum Gasteiger partial charge on any atom is -0.396 e. The molecule has 2 fully saturated rings. The fraction of sp³-hybridized carbons (Fsp3) is 0.923. The van der Waals surface area contributed by atoms with Crippen LogP contribution in [-0.2, 0) is 9.53 Å². The fourth-order valence-corrected chi connectivity index (χ4v) is 2.90. The molecule has 104 valence electrons. The van der Waals surface area contributed by atoms with E-state index in [2.05, 4.69) is 5.32 Å². The van der Waals surface area contributed by atoms with E-state index in [-0.39, 0.29) is 17.9 Å². The van der Waals surface area contributed by atoms with Gasteiger partial charge in [0.15, 0.2) is 0 Å². The van der Waals surface area contributed by atoms with Crippen molar-refractivity contribution in [1.82, 2.24) is 5.32 Å². The van der Waals surface area contributed by atoms with Crippen LogP contribution in [0.2, 0.25) is 0 Å². The Morgan fingerprint density at radius 3 is 2.56 bits per heavy atom. The molecule has 0 bridgehead atoms. The molecule has 2 aliphatic rings. The van der Waals surface area contributed by atoms with Crippen LogP contribution >= 0.6 is 0 Å². The highest BCUT2D eigenvalue weighted by Crippen LogP contribution is 2.35. The second kappa shape index (κ2) is 5.55. The lowest BCUT2D eigenvalue weighted by Gasteiger charge is -2.36. The summed E-state index contributed by atoms with van der Waals surface area (Å²) in [5.74, 6) is -0.140. The second-order valence-corrected chi connectivity index (χ2v) is 5.86. The van der Waals surface area contributed by atoms with Gasteiger partial charge < -0.3 is 20.9 Å². The third-order valence-electron chi connectivity index (χ3n) is 4.38. The second-order valence-electron chi connectivity index (χ2n) is 5.86. The summed E-state index contributed by atoms with van der Waals surface area (Å²) in [5.41, 5.74) is 5.00. The van der Waals surface area contributed by atoms with E-state index in [0.29, 0.717) is 26.2 Å². The number of hydrogen-bond acceptors (Lipinski definition) is 4. The minimum atomic E-state index is -0.870. The van der Waals surface area contributed by atoms with Gasteiger partial charge in [-0.2, -0.15) is 0 Å². The van der Waals surface area contributed by atoms with Crippen molar-refractivity contribution in [2.75, 3.05) is 26.4 Å². The molecular formula is C13H24N2O3. The number of amides is 1. The van der Waals surface area contributed by atoms with Crippen LogP contribution in [0.15, 0.2) is 0 Å². The lowest BCUT2D eigenvalue weighted by atomic mass is 9.74. The van der Waals surface area contributed by atoms with E-state index in [1.54, 1.807) is 0 Å². The van der Waals surface area contributed by atoms with Gasteiger partial charge in [-0.05, 0) is 19.3 Å². The number of nitrogens with two attached hydrogens (primary N) is 1. The van der Waals surface area contributed by atoms with E-state index in [9.17, 15) is 9.90 Å². The first-order chi connectivity index (χ1) is 8.60. The smallest absolute Gasteiger partial charge is 0.242 e. The van der Waals surface area contributed by atoms with Crippen LogP contribution in [0.1, 0.15) is 38.5 Å². The highest BCUT2D eigenvalue weighted by Gasteiger charge is 2.40. The van der Waals surface area contributed by atoms with Crippen molar-refractivity contribution in [3.8, 4) is 0 Å². The highest BCUT2D eigenvalue weighted by molar-refractivity contribution is 5.86. The maximum atomic E-state index is 12.1. The van der Waals surface area contributed by atoms with Gasteiger partial charge in [-0.1, -0.05) is 19.3 Å². The quantitative estimate of drug-likeness (QED) is 0.669. The zero-order valence-electron chi connectivity index (χ0n) is 10.9. The Kier molecular flexibility index (Phi) is 4.25. The molecule has 1 amide bonds. The molecule has 2 rings (SSSR count). The predicted molar refractivity (Wildman–Crippen MR) is 68.0 cm³/mol. The first-order valence-electron chi connectivity index (χ1n) is 6.86. The average molecular weight is 256 g/mol. The Labute approximate surface area is 108 Å². The molecule has 1 unspecified atom stereocenters. The van der Waals surface area contributed by atoms with Crippen LogP contribution in [0.5, 0.6) is 0 Å². The lowest BCUT2D eigenvalue weighted by molar-refractivity contribution is -0.127. The van der Waals surface area contributed by atoms with Crippen molar-refractivity contribution >= 4 is 5.91 Å². The molecule has 0 aromatic rings. The molecule has 5 heteroatoms. The molecule has 4 N–H and O–H groups in total. The van der Waals surface area contributed by atoms with Gasteiger partial charge in [0.2, 0.25) is 5.91 Å². The number of carbonyl (C=O) groups is 1. The van der Waals surface area contributed by atoms with Crippen LogP contribution in [0.4, 0.5) is 0 Å². The third-order valence-corrected chi connectivity index (χ3v) is 4.38. The normalized spacial score (nSPS) is 31.2. The van der Waals surface area contributed by atoms with E-state index in [4.69, 9.17) is 10.5 Å². The monoisotopic (exact) mass is 256 g/mol. The van der Waals surface area contributed by atoms with E-state index < -0.39 is 5.54 Å². The summed E-state index contributed by atoms with van der Waals surface area (Å²) >= 11 is 0. The molecule has 1 aliphatic heterocycles. The van der Waals surface area contributed by atoms with Crippen molar-refractivity contribution in [1.29, 1.82) is 0 Å². The van der Waals surface area contributed by atoms with Gasteiger partial charge in [-0.15, -0.1) is 0 Å². The molecule has 1 saturated heterocycles. The van der Waals surface area contributed by atoms with Gasteiger partial charge in [0.1, 0.15) is 5.54 Å². The Morgan fingerprint density at radius 1 is 1.28 bits per heavy atom. The highest BCUT2D eigenvalue weighted by atomic mass is 16.5. The number of ether oxygens (including phenoxy) is 1. The fourth-order valence-electron chi connectivity index (χ4n) is 2.90. The van der Waals surface area contributed by atoms with Gasteiger partial charge in [0.05, 0.1) is 13.2 Å². The third kappa shape index (κ3) is 2.84. The molecule has 0 spiro atoms. The van der Waals surface area contributed by atoms with Crippen LogP contribution in [0.25, 0.3) is 0 Å². The zero-order chi connectivity index (χ0) is 13.1. The molecule has 1 heterocycles. The van der Waals surface area contributed by atoms with Crippen molar-refractivity contribution < 1.29 is 14.6 Å². The van der Waals surface area contributed by atoms with E-state index in [1.165, 1.54) is 6.42 Å². The molecule has 0 aromatic heterocycles. The number of aliphatic hydroxyl groups is 1. The van der Waals surface area contributed by atoms with Gasteiger partial charge in [0.25, 0.3) is 0 Å². The van der Waals surface area contributed by atoms with Gasteiger partial charge in [-0.25, -0.2) is 0 Å². The number of hydrogen-bond donors (Lipinski definition) is 3. The summed E-state index contributed by atoms with van der Waals surface area (Å²) < 4.78 is 5.19. The van der Waals surface area contributed by atoms with Gasteiger partial charge >= 0.3 is 0 Å². The Bertz CT molecular complexity index is 295. The Morgan fingerprint density at radius 2 is 2.00 bits per heavy atom. The van der Waals surface area contributed by atoms with Crippen molar-refractivity contribution in [3.63, 3.8) is 0 Å². The summed E-state index contributed by atoms with van der Waals surface area (Å²) in [6, 6.07) is 0. The maximum absolute atomic E-state index is 12.1. The minimum absolute atomic E-state index is 0.135. The van der Waals surface area contributed by atoms with Crippen LogP contribution in [-0.4, -0.2) is 42.9 Å². The molecule has 0 radical (unpaired) electrons. The largest absolute Gasteiger partial charge is 0.396 e. The van der Waals surface area contributed by atoms with Gasteiger partial charge in [0, 0.05) is 18.6 Å². The maximum Gasteiger partial charge on any atom is 0.242 e. The van der Waals surface area contributed by atoms with E-state index >= 15 is 0 Å². The van der Waals surface area contributed by atoms with Crippen LogP contribution in [0, 0.1) is 5.41 Å². The Balaban J connectivity index is 1.87. The standard InChI is InChI=1S/C13H24N2O3/c14-13(6-7-18-10-13)11(17)15-8-12(9-16)4-2-1-3-5-12/h16H,1-10,14H2,(H,15,17). The van der Waals surface area contributed by atoms with E-state index in [0.717, 1.165) is 25.7 Å². The molecular weight excluding hydrogens is 232 g/mol. The van der Waals surface area contributed by atoms with E-state index in [1.807, 2.05) is 0 Å². The molecule has 1 atom stereocenters. The first-order valence-corrected chi connectivity index (χ1v) is 6.86. The van der Waals surface area contributed by atoms with Crippen molar-refractivity contribution in [2.24, 2.45) is 11.1 Å². The predicted octanol–water partition coefficient (Wildman–Crippen LogP) is 0.163. The number of aliphatic hydroxyl groups excluding tert-OH is 1. The summed E-state index contributed by atoms with van der Waals surface area (Å²) in [5, 5.41) is 12.5. The summed E-state index contributed by atoms with van der Waals surface area (Å²) in [7, 11) is 0. The number of rotatable bonds is 4. The molecule has 1 saturated carbocycles. The molecule has 18 heavy (non-hydrogen) atoms. The van der Waals surface area contributed by atoms with Gasteiger partial charge in [-0.3, -0.25) is 4.79 Å². The molecule has 5 nitrogen and oxygen atoms in total. The summed E-state index contributed by atoms with van der Waals surface area (Å²) in [4.78, 5) is 12.1. The van der Waals surface area contributed by atoms with Crippen molar-refractivity contribution in [2.45, 2.75) is 44.1 Å². The zero-order valence-corrected chi connectivity index (χ0v) is 10.9. The molecule has 1 aliphatic carbocycles. The number of carbonyl (C=O) groups excluding carboxylic acids is 1. The van der Waals surface area contributed by atoms with Crippen molar-refractivity contribution in [3.05, 3.63) is 0 Å². The number of nitrogens with one attached hydrogen (secondary N) is 1. The SMILES string of the molecule is NC1(C(=O)NCC2(CO)CCCCC2)CCOC1. The summed E-state index contributed by atoms with van der Waals surface area (Å²) in [6.45, 7) is 1.52. The lowest BCUT2D eigenvalue weighted by Crippen LogP contribution is -2.56. The van der Waals surface area contributed by atoms with Crippen LogP contribution < -0.4 is 11.1 Å². The Hall–Kier alpha value is -0.650. The summed E-state index contributed by atoms with van der Waals surface area (Å²) in [6.07, 6.45) is 6.03. The average Bonchev–Trinajstić information content (AvgIpc) is 2.85. The van der Waals surface area contributed by atoms with Crippen LogP contribution in [0.3, 0.4) is 0 Å².